The van der Waals surface area contributed by atoms with Crippen LogP contribution in [0.5, 0.6) is 0 Å². The number of carbonyl (C=O) groups is 1. The van der Waals surface area contributed by atoms with Crippen LogP contribution in [-0.2, 0) is 4.79 Å². The van der Waals surface area contributed by atoms with Crippen LogP contribution in [-0.4, -0.2) is 22.4 Å². The Hall–Kier alpha value is -3.25. The lowest BCUT2D eigenvalue weighted by molar-refractivity contribution is -0.115. The van der Waals surface area contributed by atoms with Crippen LogP contribution in [0.15, 0.2) is 54.9 Å². The molecule has 0 atom stereocenters. The number of nitrogens with one attached hydrogen (secondary N) is 2. The van der Waals surface area contributed by atoms with Gasteiger partial charge in [0, 0.05) is 29.1 Å². The van der Waals surface area contributed by atoms with Gasteiger partial charge in [-0.2, -0.15) is 0 Å². The highest BCUT2D eigenvalue weighted by Crippen LogP contribution is 2.40. The Morgan fingerprint density at radius 3 is 2.57 bits per heavy atom. The first-order valence-corrected chi connectivity index (χ1v) is 10.7. The zero-order valence-electron chi connectivity index (χ0n) is 17.3. The summed E-state index contributed by atoms with van der Waals surface area (Å²) in [6, 6.07) is 16.2. The maximum absolute atomic E-state index is 12.4. The Kier molecular flexibility index (Phi) is 5.77. The van der Waals surface area contributed by atoms with Gasteiger partial charge in [-0.25, -0.2) is 9.97 Å². The highest BCUT2D eigenvalue weighted by Gasteiger charge is 2.16. The van der Waals surface area contributed by atoms with E-state index in [0.29, 0.717) is 13.0 Å². The summed E-state index contributed by atoms with van der Waals surface area (Å²) in [7, 11) is 0. The molecule has 6 heteroatoms. The van der Waals surface area contributed by atoms with Gasteiger partial charge < -0.3 is 10.6 Å². The minimum Gasteiger partial charge on any atom is -0.369 e. The number of fused-ring (bicyclic) bond motifs is 1. The van der Waals surface area contributed by atoms with Crippen LogP contribution in [0.3, 0.4) is 0 Å². The second-order valence-electron chi connectivity index (χ2n) is 7.33. The van der Waals surface area contributed by atoms with Crippen molar-refractivity contribution in [1.82, 2.24) is 9.97 Å². The normalized spacial score (nSPS) is 10.9. The van der Waals surface area contributed by atoms with Crippen molar-refractivity contribution >= 4 is 39.0 Å². The van der Waals surface area contributed by atoms with E-state index in [4.69, 9.17) is 0 Å². The summed E-state index contributed by atoms with van der Waals surface area (Å²) in [5, 5.41) is 7.32. The molecule has 2 aromatic heterocycles. The fourth-order valence-electron chi connectivity index (χ4n) is 3.47. The average molecular weight is 417 g/mol. The lowest BCUT2D eigenvalue weighted by atomic mass is 10.0. The van der Waals surface area contributed by atoms with Crippen LogP contribution in [0.25, 0.3) is 21.3 Å². The first kappa shape index (κ1) is 20.0. The molecule has 1 amide bonds. The number of anilines is 2. The molecule has 0 spiro atoms. The monoisotopic (exact) mass is 416 g/mol. The number of amides is 1. The Balaban J connectivity index is 1.49. The number of rotatable bonds is 6. The maximum Gasteiger partial charge on any atom is 0.226 e. The molecular formula is C24H24N4OS. The quantitative estimate of drug-likeness (QED) is 0.422. The molecule has 4 rings (SSSR count). The molecule has 0 fully saturated rings. The van der Waals surface area contributed by atoms with Gasteiger partial charge in [-0.3, -0.25) is 4.79 Å². The van der Waals surface area contributed by atoms with Crippen molar-refractivity contribution in [2.45, 2.75) is 27.2 Å². The van der Waals surface area contributed by atoms with Gasteiger partial charge >= 0.3 is 0 Å². The fourth-order valence-corrected chi connectivity index (χ4v) is 4.48. The lowest BCUT2D eigenvalue weighted by Gasteiger charge is -2.10. The van der Waals surface area contributed by atoms with Gasteiger partial charge in [0.1, 0.15) is 17.0 Å². The van der Waals surface area contributed by atoms with E-state index in [1.54, 1.807) is 17.7 Å². The van der Waals surface area contributed by atoms with Crippen molar-refractivity contribution in [2.75, 3.05) is 17.2 Å². The third kappa shape index (κ3) is 4.19. The number of aromatic nitrogens is 2. The van der Waals surface area contributed by atoms with Crippen LogP contribution < -0.4 is 10.6 Å². The summed E-state index contributed by atoms with van der Waals surface area (Å²) in [5.41, 5.74) is 5.50. The minimum absolute atomic E-state index is 0.0270. The highest BCUT2D eigenvalue weighted by atomic mass is 32.1. The SMILES string of the molecule is Cc1ccc(NC(=O)CCNc2ncnc3sc(C)c(-c4ccccc4)c23)cc1C. The standard InChI is InChI=1S/C24H24N4OS/c1-15-9-10-19(13-16(15)2)28-20(29)11-12-25-23-22-21(18-7-5-4-6-8-18)17(3)30-24(22)27-14-26-23/h4-10,13-14H,11-12H2,1-3H3,(H,28,29)(H,25,26,27). The Bertz CT molecular complexity index is 1200. The van der Waals surface area contributed by atoms with Crippen molar-refractivity contribution in [3.63, 3.8) is 0 Å². The molecule has 0 radical (unpaired) electrons. The van der Waals surface area contributed by atoms with Crippen molar-refractivity contribution < 1.29 is 4.79 Å². The molecule has 30 heavy (non-hydrogen) atoms. The Morgan fingerprint density at radius 1 is 1.00 bits per heavy atom. The third-order valence-electron chi connectivity index (χ3n) is 5.16. The van der Waals surface area contributed by atoms with Crippen LogP contribution in [0, 0.1) is 20.8 Å². The molecule has 2 heterocycles. The van der Waals surface area contributed by atoms with E-state index in [-0.39, 0.29) is 5.91 Å². The van der Waals surface area contributed by atoms with Gasteiger partial charge in [0.05, 0.1) is 5.39 Å². The summed E-state index contributed by atoms with van der Waals surface area (Å²) in [5.74, 6) is 0.739. The predicted molar refractivity (Wildman–Crippen MR) is 125 cm³/mol. The fraction of sp³-hybridized carbons (Fsp3) is 0.208. The molecule has 2 N–H and O–H groups in total. The summed E-state index contributed by atoms with van der Waals surface area (Å²) >= 11 is 1.66. The van der Waals surface area contributed by atoms with Crippen LogP contribution in [0.4, 0.5) is 11.5 Å². The lowest BCUT2D eigenvalue weighted by Crippen LogP contribution is -2.16. The van der Waals surface area contributed by atoms with Crippen molar-refractivity contribution in [3.8, 4) is 11.1 Å². The molecule has 2 aromatic carbocycles. The first-order chi connectivity index (χ1) is 14.5. The molecule has 0 aliphatic carbocycles. The van der Waals surface area contributed by atoms with Crippen molar-refractivity contribution in [1.29, 1.82) is 0 Å². The number of hydrogen-bond acceptors (Lipinski definition) is 5. The van der Waals surface area contributed by atoms with Gasteiger partial charge in [-0.1, -0.05) is 36.4 Å². The number of nitrogens with zero attached hydrogens (tertiary/aromatic N) is 2. The minimum atomic E-state index is -0.0270. The molecule has 0 unspecified atom stereocenters. The Labute approximate surface area is 180 Å². The van der Waals surface area contributed by atoms with Gasteiger partial charge in [0.2, 0.25) is 5.91 Å². The summed E-state index contributed by atoms with van der Waals surface area (Å²) in [6.45, 7) is 6.70. The van der Waals surface area contributed by atoms with E-state index < -0.39 is 0 Å². The van der Waals surface area contributed by atoms with E-state index in [0.717, 1.165) is 38.4 Å². The molecule has 5 nitrogen and oxygen atoms in total. The number of aryl methyl sites for hydroxylation is 3. The smallest absolute Gasteiger partial charge is 0.226 e. The van der Waals surface area contributed by atoms with E-state index in [1.807, 2.05) is 43.3 Å². The maximum atomic E-state index is 12.4. The molecule has 152 valence electrons. The van der Waals surface area contributed by atoms with Gasteiger partial charge in [-0.05, 0) is 49.6 Å². The second-order valence-corrected chi connectivity index (χ2v) is 8.53. The summed E-state index contributed by atoms with van der Waals surface area (Å²) in [6.07, 6.45) is 1.92. The number of carbonyl (C=O) groups excluding carboxylic acids is 1. The molecular weight excluding hydrogens is 392 g/mol. The number of thiophene rings is 1. The van der Waals surface area contributed by atoms with E-state index >= 15 is 0 Å². The Morgan fingerprint density at radius 2 is 1.80 bits per heavy atom. The van der Waals surface area contributed by atoms with Crippen LogP contribution >= 0.6 is 11.3 Å². The second kappa shape index (κ2) is 8.63. The summed E-state index contributed by atoms with van der Waals surface area (Å²) in [4.78, 5) is 23.4. The third-order valence-corrected chi connectivity index (χ3v) is 6.18. The van der Waals surface area contributed by atoms with Crippen LogP contribution in [0.1, 0.15) is 22.4 Å². The van der Waals surface area contributed by atoms with Gasteiger partial charge in [-0.15, -0.1) is 11.3 Å². The van der Waals surface area contributed by atoms with Gasteiger partial charge in [0.25, 0.3) is 0 Å². The predicted octanol–water partition coefficient (Wildman–Crippen LogP) is 5.72. The van der Waals surface area contributed by atoms with E-state index in [2.05, 4.69) is 46.6 Å². The largest absolute Gasteiger partial charge is 0.369 e. The zero-order chi connectivity index (χ0) is 21.1. The molecule has 0 bridgehead atoms. The van der Waals surface area contributed by atoms with Crippen LogP contribution in [0.2, 0.25) is 0 Å². The highest BCUT2D eigenvalue weighted by molar-refractivity contribution is 7.19. The van der Waals surface area contributed by atoms with Gasteiger partial charge in [0.15, 0.2) is 0 Å². The zero-order valence-corrected chi connectivity index (χ0v) is 18.1. The van der Waals surface area contributed by atoms with E-state index in [9.17, 15) is 4.79 Å². The molecule has 4 aromatic rings. The number of hydrogen-bond donors (Lipinski definition) is 2. The molecule has 0 aliphatic rings. The summed E-state index contributed by atoms with van der Waals surface area (Å²) < 4.78 is 0. The van der Waals surface area contributed by atoms with E-state index in [1.165, 1.54) is 10.4 Å². The van der Waals surface area contributed by atoms with Crippen molar-refractivity contribution in [2.24, 2.45) is 0 Å². The average Bonchev–Trinajstić information content (AvgIpc) is 3.08. The molecule has 0 saturated heterocycles. The van der Waals surface area contributed by atoms with Crippen molar-refractivity contribution in [3.05, 3.63) is 70.9 Å². The first-order valence-electron chi connectivity index (χ1n) is 9.93. The molecule has 0 aliphatic heterocycles. The molecule has 0 saturated carbocycles. The topological polar surface area (TPSA) is 66.9 Å². The number of benzene rings is 2.